The van der Waals surface area contributed by atoms with Gasteiger partial charge in [0.05, 0.1) is 5.75 Å². The maximum Gasteiger partial charge on any atom is 0.233 e. The third-order valence-electron chi connectivity index (χ3n) is 3.88. The van der Waals surface area contributed by atoms with Crippen LogP contribution in [0, 0.1) is 0 Å². The van der Waals surface area contributed by atoms with E-state index in [1.54, 1.807) is 24.1 Å². The molecule has 2 aromatic carbocycles. The van der Waals surface area contributed by atoms with Crippen molar-refractivity contribution in [3.05, 3.63) is 63.6 Å². The molecule has 140 valence electrons. The molecule has 1 heterocycles. The minimum absolute atomic E-state index is 0.0215. The van der Waals surface area contributed by atoms with E-state index in [0.29, 0.717) is 22.5 Å². The van der Waals surface area contributed by atoms with E-state index in [-0.39, 0.29) is 11.7 Å². The molecular formula is C18H17BrClN5OS. The van der Waals surface area contributed by atoms with Crippen molar-refractivity contribution in [3.8, 4) is 11.4 Å². The van der Waals surface area contributed by atoms with E-state index in [9.17, 15) is 4.79 Å². The largest absolute Gasteiger partial charge is 0.341 e. The van der Waals surface area contributed by atoms with E-state index < -0.39 is 0 Å². The Labute approximate surface area is 174 Å². The van der Waals surface area contributed by atoms with Gasteiger partial charge in [0, 0.05) is 28.7 Å². The number of aromatic nitrogens is 3. The SMILES string of the molecule is CN(Cc1ccccc1Br)C(=O)CSc1nnc(-c2ccc(Cl)cc2)n1N. The molecule has 0 aliphatic rings. The average molecular weight is 467 g/mol. The van der Waals surface area contributed by atoms with Crippen LogP contribution in [-0.2, 0) is 11.3 Å². The lowest BCUT2D eigenvalue weighted by Gasteiger charge is -2.17. The fourth-order valence-electron chi connectivity index (χ4n) is 2.38. The van der Waals surface area contributed by atoms with Crippen molar-refractivity contribution in [2.24, 2.45) is 0 Å². The molecular weight excluding hydrogens is 450 g/mol. The lowest BCUT2D eigenvalue weighted by molar-refractivity contribution is -0.127. The quantitative estimate of drug-likeness (QED) is 0.441. The van der Waals surface area contributed by atoms with Gasteiger partial charge in [-0.2, -0.15) is 0 Å². The van der Waals surface area contributed by atoms with Gasteiger partial charge in [-0.05, 0) is 35.9 Å². The number of halogens is 2. The first kappa shape index (κ1) is 19.7. The first-order valence-corrected chi connectivity index (χ1v) is 10.2. The summed E-state index contributed by atoms with van der Waals surface area (Å²) in [6, 6.07) is 15.0. The van der Waals surface area contributed by atoms with Crippen molar-refractivity contribution in [3.63, 3.8) is 0 Å². The van der Waals surface area contributed by atoms with Crippen molar-refractivity contribution in [1.82, 2.24) is 19.8 Å². The summed E-state index contributed by atoms with van der Waals surface area (Å²) < 4.78 is 2.36. The molecule has 0 fully saturated rings. The number of nitrogen functional groups attached to an aromatic ring is 1. The number of hydrogen-bond donors (Lipinski definition) is 1. The highest BCUT2D eigenvalue weighted by Crippen LogP contribution is 2.23. The fourth-order valence-corrected chi connectivity index (χ4v) is 3.71. The van der Waals surface area contributed by atoms with Gasteiger partial charge in [-0.15, -0.1) is 10.2 Å². The van der Waals surface area contributed by atoms with E-state index in [1.807, 2.05) is 36.4 Å². The Morgan fingerprint density at radius 3 is 2.63 bits per heavy atom. The van der Waals surface area contributed by atoms with Crippen LogP contribution in [0.3, 0.4) is 0 Å². The maximum absolute atomic E-state index is 12.4. The van der Waals surface area contributed by atoms with Gasteiger partial charge >= 0.3 is 0 Å². The number of benzene rings is 2. The van der Waals surface area contributed by atoms with Crippen LogP contribution in [0.4, 0.5) is 0 Å². The van der Waals surface area contributed by atoms with Crippen LogP contribution in [0.25, 0.3) is 11.4 Å². The average Bonchev–Trinajstić information content (AvgIpc) is 3.03. The van der Waals surface area contributed by atoms with Crippen molar-refractivity contribution in [1.29, 1.82) is 0 Å². The summed E-state index contributed by atoms with van der Waals surface area (Å²) in [5, 5.41) is 9.30. The van der Waals surface area contributed by atoms with Gasteiger partial charge in [0.15, 0.2) is 5.82 Å². The summed E-state index contributed by atoms with van der Waals surface area (Å²) in [4.78, 5) is 14.1. The fraction of sp³-hybridized carbons (Fsp3) is 0.167. The van der Waals surface area contributed by atoms with E-state index in [4.69, 9.17) is 17.4 Å². The van der Waals surface area contributed by atoms with Crippen LogP contribution in [0.5, 0.6) is 0 Å². The predicted octanol–water partition coefficient (Wildman–Crippen LogP) is 3.83. The Morgan fingerprint density at radius 1 is 1.22 bits per heavy atom. The number of thioether (sulfide) groups is 1. The molecule has 0 saturated heterocycles. The van der Waals surface area contributed by atoms with Crippen molar-refractivity contribution < 1.29 is 4.79 Å². The van der Waals surface area contributed by atoms with Crippen LogP contribution in [0.1, 0.15) is 5.56 Å². The standard InChI is InChI=1S/C18H17BrClN5OS/c1-24(10-13-4-2-3-5-15(13)19)16(26)11-27-18-23-22-17(25(18)21)12-6-8-14(20)9-7-12/h2-9H,10-11,21H2,1H3. The van der Waals surface area contributed by atoms with E-state index in [0.717, 1.165) is 15.6 Å². The lowest BCUT2D eigenvalue weighted by Crippen LogP contribution is -2.28. The first-order chi connectivity index (χ1) is 13.0. The molecule has 0 bridgehead atoms. The molecule has 3 rings (SSSR count). The number of rotatable bonds is 6. The third-order valence-corrected chi connectivity index (χ3v) is 5.84. The van der Waals surface area contributed by atoms with Gasteiger partial charge in [-0.1, -0.05) is 57.5 Å². The van der Waals surface area contributed by atoms with Gasteiger partial charge in [-0.3, -0.25) is 4.79 Å². The maximum atomic E-state index is 12.4. The Kier molecular flexibility index (Phi) is 6.41. The third kappa shape index (κ3) is 4.82. The Hall–Kier alpha value is -2.03. The first-order valence-electron chi connectivity index (χ1n) is 8.02. The zero-order valence-electron chi connectivity index (χ0n) is 14.5. The minimum atomic E-state index is -0.0215. The summed E-state index contributed by atoms with van der Waals surface area (Å²) >= 11 is 10.7. The summed E-state index contributed by atoms with van der Waals surface area (Å²) in [5.74, 6) is 6.80. The van der Waals surface area contributed by atoms with Crippen LogP contribution in [0.15, 0.2) is 58.2 Å². The van der Waals surface area contributed by atoms with Gasteiger partial charge < -0.3 is 10.7 Å². The second-order valence-corrected chi connectivity index (χ2v) is 8.05. The summed E-state index contributed by atoms with van der Waals surface area (Å²) in [6.07, 6.45) is 0. The molecule has 0 radical (unpaired) electrons. The van der Waals surface area contributed by atoms with Crippen molar-refractivity contribution in [2.45, 2.75) is 11.7 Å². The number of amides is 1. The summed E-state index contributed by atoms with van der Waals surface area (Å²) in [6.45, 7) is 0.520. The molecule has 0 unspecified atom stereocenters. The smallest absolute Gasteiger partial charge is 0.233 e. The lowest BCUT2D eigenvalue weighted by atomic mass is 10.2. The van der Waals surface area contributed by atoms with Crippen molar-refractivity contribution >= 4 is 45.2 Å². The van der Waals surface area contributed by atoms with E-state index >= 15 is 0 Å². The highest BCUT2D eigenvalue weighted by molar-refractivity contribution is 9.10. The highest BCUT2D eigenvalue weighted by Gasteiger charge is 2.16. The normalized spacial score (nSPS) is 10.8. The Balaban J connectivity index is 1.62. The molecule has 1 amide bonds. The molecule has 2 N–H and O–H groups in total. The monoisotopic (exact) mass is 465 g/mol. The number of nitrogens with zero attached hydrogens (tertiary/aromatic N) is 4. The van der Waals surface area contributed by atoms with Gasteiger partial charge in [-0.25, -0.2) is 4.68 Å². The zero-order valence-corrected chi connectivity index (χ0v) is 17.6. The highest BCUT2D eigenvalue weighted by atomic mass is 79.9. The molecule has 0 saturated carbocycles. The van der Waals surface area contributed by atoms with Crippen molar-refractivity contribution in [2.75, 3.05) is 18.6 Å². The molecule has 9 heteroatoms. The molecule has 3 aromatic rings. The number of carbonyl (C=O) groups excluding carboxylic acids is 1. The molecule has 0 aliphatic heterocycles. The number of carbonyl (C=O) groups is 1. The van der Waals surface area contributed by atoms with E-state index in [1.165, 1.54) is 16.4 Å². The van der Waals surface area contributed by atoms with Crippen LogP contribution in [-0.4, -0.2) is 38.5 Å². The topological polar surface area (TPSA) is 77.0 Å². The number of nitrogens with two attached hydrogens (primary N) is 1. The number of hydrogen-bond acceptors (Lipinski definition) is 5. The zero-order chi connectivity index (χ0) is 19.4. The molecule has 1 aromatic heterocycles. The Bertz CT molecular complexity index is 947. The van der Waals surface area contributed by atoms with Crippen LogP contribution < -0.4 is 5.84 Å². The molecule has 0 atom stereocenters. The van der Waals surface area contributed by atoms with Crippen LogP contribution in [0.2, 0.25) is 5.02 Å². The van der Waals surface area contributed by atoms with E-state index in [2.05, 4.69) is 26.1 Å². The second kappa shape index (κ2) is 8.77. The Morgan fingerprint density at radius 2 is 1.93 bits per heavy atom. The molecule has 27 heavy (non-hydrogen) atoms. The summed E-state index contributed by atoms with van der Waals surface area (Å²) in [7, 11) is 1.77. The minimum Gasteiger partial charge on any atom is -0.341 e. The van der Waals surface area contributed by atoms with Gasteiger partial charge in [0.2, 0.25) is 11.1 Å². The molecule has 6 nitrogen and oxygen atoms in total. The second-order valence-electron chi connectivity index (χ2n) is 5.81. The predicted molar refractivity (Wildman–Crippen MR) is 112 cm³/mol. The molecule has 0 aliphatic carbocycles. The van der Waals surface area contributed by atoms with Gasteiger partial charge in [0.25, 0.3) is 0 Å². The summed E-state index contributed by atoms with van der Waals surface area (Å²) in [5.41, 5.74) is 1.85. The van der Waals surface area contributed by atoms with Gasteiger partial charge in [0.1, 0.15) is 0 Å². The molecule has 0 spiro atoms. The van der Waals surface area contributed by atoms with Crippen LogP contribution >= 0.6 is 39.3 Å².